The molecule has 0 aliphatic carbocycles. The fourth-order valence-corrected chi connectivity index (χ4v) is 2.52. The molecular formula is C15H22F3N3. The van der Waals surface area contributed by atoms with Gasteiger partial charge in [0.1, 0.15) is 0 Å². The molecule has 0 bridgehead atoms. The van der Waals surface area contributed by atoms with Crippen LogP contribution in [-0.4, -0.2) is 56.9 Å². The molecule has 3 nitrogen and oxygen atoms in total. The Bertz CT molecular complexity index is 440. The number of benzene rings is 1. The number of hydrogen-bond donors (Lipinski definition) is 1. The zero-order chi connectivity index (χ0) is 15.3. The van der Waals surface area contributed by atoms with Crippen LogP contribution in [0.5, 0.6) is 0 Å². The Kier molecular flexibility index (Phi) is 5.47. The number of piperazine rings is 1. The quantitative estimate of drug-likeness (QED) is 0.842. The van der Waals surface area contributed by atoms with Crippen molar-refractivity contribution in [3.05, 3.63) is 29.8 Å². The average molecular weight is 301 g/mol. The number of halogens is 3. The summed E-state index contributed by atoms with van der Waals surface area (Å²) in [6.45, 7) is 5.83. The molecule has 0 unspecified atom stereocenters. The monoisotopic (exact) mass is 301 g/mol. The molecule has 118 valence electrons. The topological polar surface area (TPSA) is 18.5 Å². The highest BCUT2D eigenvalue weighted by atomic mass is 19.4. The van der Waals surface area contributed by atoms with E-state index in [1.54, 1.807) is 0 Å². The molecule has 0 saturated carbocycles. The Balaban J connectivity index is 1.69. The van der Waals surface area contributed by atoms with E-state index in [1.165, 1.54) is 11.3 Å². The highest BCUT2D eigenvalue weighted by Crippen LogP contribution is 2.17. The third-order valence-electron chi connectivity index (χ3n) is 3.67. The lowest BCUT2D eigenvalue weighted by atomic mass is 10.2. The van der Waals surface area contributed by atoms with Crippen LogP contribution in [0.1, 0.15) is 5.56 Å². The molecule has 1 aromatic carbocycles. The summed E-state index contributed by atoms with van der Waals surface area (Å²) in [6.07, 6.45) is -4.12. The molecule has 0 amide bonds. The minimum absolute atomic E-state index is 0.379. The molecule has 0 atom stereocenters. The van der Waals surface area contributed by atoms with Crippen LogP contribution in [-0.2, 0) is 0 Å². The second kappa shape index (κ2) is 7.13. The van der Waals surface area contributed by atoms with E-state index in [0.29, 0.717) is 13.1 Å². The minimum Gasteiger partial charge on any atom is -0.369 e. The maximum absolute atomic E-state index is 12.0. The fraction of sp³-hybridized carbons (Fsp3) is 0.600. The van der Waals surface area contributed by atoms with Crippen LogP contribution >= 0.6 is 0 Å². The van der Waals surface area contributed by atoms with Crippen molar-refractivity contribution in [3.8, 4) is 0 Å². The largest absolute Gasteiger partial charge is 0.401 e. The van der Waals surface area contributed by atoms with E-state index in [2.05, 4.69) is 46.3 Å². The van der Waals surface area contributed by atoms with Gasteiger partial charge in [0.2, 0.25) is 0 Å². The van der Waals surface area contributed by atoms with Gasteiger partial charge in [-0.2, -0.15) is 13.2 Å². The van der Waals surface area contributed by atoms with Crippen LogP contribution in [0.2, 0.25) is 0 Å². The Morgan fingerprint density at radius 1 is 1.14 bits per heavy atom. The molecule has 1 aromatic rings. The molecule has 1 N–H and O–H groups in total. The first kappa shape index (κ1) is 16.1. The molecule has 1 aliphatic rings. The molecule has 0 spiro atoms. The zero-order valence-corrected chi connectivity index (χ0v) is 12.3. The van der Waals surface area contributed by atoms with Crippen molar-refractivity contribution in [1.29, 1.82) is 0 Å². The SMILES string of the molecule is Cc1cccc(N2CCN(CCNCC(F)(F)F)CC2)c1. The summed E-state index contributed by atoms with van der Waals surface area (Å²) in [5.41, 5.74) is 2.47. The third-order valence-corrected chi connectivity index (χ3v) is 3.67. The maximum atomic E-state index is 12.0. The van der Waals surface area contributed by atoms with E-state index in [9.17, 15) is 13.2 Å². The van der Waals surface area contributed by atoms with Gasteiger partial charge in [0, 0.05) is 45.0 Å². The lowest BCUT2D eigenvalue weighted by Crippen LogP contribution is -2.48. The van der Waals surface area contributed by atoms with E-state index >= 15 is 0 Å². The second-order valence-corrected chi connectivity index (χ2v) is 5.46. The molecule has 1 aliphatic heterocycles. The van der Waals surface area contributed by atoms with Crippen molar-refractivity contribution in [2.24, 2.45) is 0 Å². The van der Waals surface area contributed by atoms with Crippen LogP contribution in [0.25, 0.3) is 0 Å². The molecule has 1 saturated heterocycles. The predicted molar refractivity (Wildman–Crippen MR) is 78.8 cm³/mol. The van der Waals surface area contributed by atoms with Crippen LogP contribution in [0.15, 0.2) is 24.3 Å². The zero-order valence-electron chi connectivity index (χ0n) is 12.3. The Morgan fingerprint density at radius 3 is 2.48 bits per heavy atom. The molecule has 1 heterocycles. The molecule has 2 rings (SSSR count). The summed E-state index contributed by atoms with van der Waals surface area (Å²) < 4.78 is 36.0. The fourth-order valence-electron chi connectivity index (χ4n) is 2.52. The summed E-state index contributed by atoms with van der Waals surface area (Å²) in [6, 6.07) is 8.40. The van der Waals surface area contributed by atoms with Gasteiger partial charge in [-0.05, 0) is 24.6 Å². The van der Waals surface area contributed by atoms with Crippen molar-refractivity contribution in [2.45, 2.75) is 13.1 Å². The van der Waals surface area contributed by atoms with E-state index in [4.69, 9.17) is 0 Å². The number of aryl methyl sites for hydroxylation is 1. The van der Waals surface area contributed by atoms with E-state index in [0.717, 1.165) is 26.2 Å². The Morgan fingerprint density at radius 2 is 1.86 bits per heavy atom. The normalized spacial score (nSPS) is 17.2. The lowest BCUT2D eigenvalue weighted by Gasteiger charge is -2.36. The van der Waals surface area contributed by atoms with Gasteiger partial charge in [-0.15, -0.1) is 0 Å². The molecule has 21 heavy (non-hydrogen) atoms. The van der Waals surface area contributed by atoms with Gasteiger partial charge < -0.3 is 10.2 Å². The van der Waals surface area contributed by atoms with E-state index in [1.807, 2.05) is 0 Å². The van der Waals surface area contributed by atoms with Gasteiger partial charge in [0.15, 0.2) is 0 Å². The number of hydrogen-bond acceptors (Lipinski definition) is 3. The number of rotatable bonds is 5. The number of anilines is 1. The first-order valence-electron chi connectivity index (χ1n) is 7.25. The van der Waals surface area contributed by atoms with Crippen LogP contribution in [0, 0.1) is 6.92 Å². The maximum Gasteiger partial charge on any atom is 0.401 e. The summed E-state index contributed by atoms with van der Waals surface area (Å²) in [7, 11) is 0. The second-order valence-electron chi connectivity index (χ2n) is 5.46. The molecule has 6 heteroatoms. The summed E-state index contributed by atoms with van der Waals surface area (Å²) in [5.74, 6) is 0. The Hall–Kier alpha value is -1.27. The van der Waals surface area contributed by atoms with Crippen LogP contribution in [0.3, 0.4) is 0 Å². The van der Waals surface area contributed by atoms with Gasteiger partial charge in [-0.1, -0.05) is 12.1 Å². The van der Waals surface area contributed by atoms with Crippen molar-refractivity contribution in [1.82, 2.24) is 10.2 Å². The molecule has 1 fully saturated rings. The highest BCUT2D eigenvalue weighted by molar-refractivity contribution is 5.48. The molecule has 0 aromatic heterocycles. The molecule has 0 radical (unpaired) electrons. The van der Waals surface area contributed by atoms with Crippen LogP contribution < -0.4 is 10.2 Å². The third kappa shape index (κ3) is 5.55. The summed E-state index contributed by atoms with van der Waals surface area (Å²) in [5, 5.41) is 2.44. The van der Waals surface area contributed by atoms with Gasteiger partial charge in [-0.3, -0.25) is 4.90 Å². The van der Waals surface area contributed by atoms with Gasteiger partial charge >= 0.3 is 6.18 Å². The summed E-state index contributed by atoms with van der Waals surface area (Å²) >= 11 is 0. The van der Waals surface area contributed by atoms with Crippen molar-refractivity contribution in [2.75, 3.05) is 50.7 Å². The van der Waals surface area contributed by atoms with E-state index in [-0.39, 0.29) is 0 Å². The predicted octanol–water partition coefficient (Wildman–Crippen LogP) is 2.27. The standard InChI is InChI=1S/C15H22F3N3/c1-13-3-2-4-14(11-13)21-9-7-20(8-10-21)6-5-19-12-15(16,17)18/h2-4,11,19H,5-10,12H2,1H3. The van der Waals surface area contributed by atoms with Gasteiger partial charge in [-0.25, -0.2) is 0 Å². The first-order chi connectivity index (χ1) is 9.94. The van der Waals surface area contributed by atoms with Crippen LogP contribution in [0.4, 0.5) is 18.9 Å². The lowest BCUT2D eigenvalue weighted by molar-refractivity contribution is -0.124. The smallest absolute Gasteiger partial charge is 0.369 e. The van der Waals surface area contributed by atoms with Gasteiger partial charge in [0.05, 0.1) is 6.54 Å². The van der Waals surface area contributed by atoms with Crippen molar-refractivity contribution in [3.63, 3.8) is 0 Å². The van der Waals surface area contributed by atoms with E-state index < -0.39 is 12.7 Å². The highest BCUT2D eigenvalue weighted by Gasteiger charge is 2.26. The number of alkyl halides is 3. The van der Waals surface area contributed by atoms with Gasteiger partial charge in [0.25, 0.3) is 0 Å². The average Bonchev–Trinajstić information content (AvgIpc) is 2.43. The summed E-state index contributed by atoms with van der Waals surface area (Å²) in [4.78, 5) is 4.53. The number of nitrogens with one attached hydrogen (secondary N) is 1. The minimum atomic E-state index is -4.12. The number of nitrogens with zero attached hydrogens (tertiary/aromatic N) is 2. The Labute approximate surface area is 123 Å². The van der Waals surface area contributed by atoms with Crippen molar-refractivity contribution < 1.29 is 13.2 Å². The first-order valence-corrected chi connectivity index (χ1v) is 7.25. The molecular weight excluding hydrogens is 279 g/mol. The van der Waals surface area contributed by atoms with Crippen molar-refractivity contribution >= 4 is 5.69 Å².